The summed E-state index contributed by atoms with van der Waals surface area (Å²) in [7, 11) is 0. The highest BCUT2D eigenvalue weighted by Crippen LogP contribution is 2.18. The Bertz CT molecular complexity index is 1190. The standard InChI is InChI=1S/C22H18N4O2/c27-21(26-25-13-16-12-23-20-11-4-3-9-18(16)20)14-24-22(28)19-10-5-7-15-6-1-2-8-17(15)19/h1-13,23H,14H2,(H,24,28)(H,26,27). The van der Waals surface area contributed by atoms with Crippen molar-refractivity contribution in [3.8, 4) is 0 Å². The van der Waals surface area contributed by atoms with Gasteiger partial charge in [0.1, 0.15) is 0 Å². The van der Waals surface area contributed by atoms with Crippen LogP contribution in [0.1, 0.15) is 15.9 Å². The second-order valence-corrected chi connectivity index (χ2v) is 6.29. The Balaban J connectivity index is 1.36. The molecule has 0 bridgehead atoms. The zero-order valence-corrected chi connectivity index (χ0v) is 15.0. The lowest BCUT2D eigenvalue weighted by molar-refractivity contribution is -0.120. The van der Waals surface area contributed by atoms with Gasteiger partial charge in [-0.05, 0) is 22.9 Å². The second-order valence-electron chi connectivity index (χ2n) is 6.29. The number of benzene rings is 3. The average Bonchev–Trinajstić information content (AvgIpc) is 3.15. The van der Waals surface area contributed by atoms with Gasteiger partial charge in [0.25, 0.3) is 11.8 Å². The first-order chi connectivity index (χ1) is 13.7. The van der Waals surface area contributed by atoms with E-state index < -0.39 is 5.91 Å². The number of hydrogen-bond acceptors (Lipinski definition) is 3. The highest BCUT2D eigenvalue weighted by Gasteiger charge is 2.10. The summed E-state index contributed by atoms with van der Waals surface area (Å²) in [6.07, 6.45) is 3.39. The number of hydrogen-bond donors (Lipinski definition) is 3. The topological polar surface area (TPSA) is 86.3 Å². The maximum atomic E-state index is 12.4. The number of rotatable bonds is 5. The van der Waals surface area contributed by atoms with Gasteiger partial charge in [-0.3, -0.25) is 9.59 Å². The van der Waals surface area contributed by atoms with Crippen LogP contribution in [-0.4, -0.2) is 29.6 Å². The minimum atomic E-state index is -0.398. The van der Waals surface area contributed by atoms with Gasteiger partial charge in [-0.1, -0.05) is 54.6 Å². The molecule has 0 saturated carbocycles. The minimum Gasteiger partial charge on any atom is -0.361 e. The van der Waals surface area contributed by atoms with Crippen molar-refractivity contribution in [3.63, 3.8) is 0 Å². The van der Waals surface area contributed by atoms with Crippen LogP contribution in [0.5, 0.6) is 0 Å². The van der Waals surface area contributed by atoms with Crippen LogP contribution in [-0.2, 0) is 4.79 Å². The van der Waals surface area contributed by atoms with E-state index in [-0.39, 0.29) is 12.5 Å². The van der Waals surface area contributed by atoms with Gasteiger partial charge in [0.05, 0.1) is 12.8 Å². The van der Waals surface area contributed by atoms with Crippen LogP contribution in [0.4, 0.5) is 0 Å². The first-order valence-electron chi connectivity index (χ1n) is 8.86. The number of H-pyrrole nitrogens is 1. The zero-order valence-electron chi connectivity index (χ0n) is 15.0. The molecule has 0 aliphatic rings. The summed E-state index contributed by atoms with van der Waals surface area (Å²) in [6, 6.07) is 21.0. The summed E-state index contributed by atoms with van der Waals surface area (Å²) in [5.74, 6) is -0.697. The van der Waals surface area contributed by atoms with E-state index in [0.717, 1.165) is 27.2 Å². The summed E-state index contributed by atoms with van der Waals surface area (Å²) in [5, 5.41) is 9.44. The Morgan fingerprint density at radius 3 is 2.57 bits per heavy atom. The summed E-state index contributed by atoms with van der Waals surface area (Å²) < 4.78 is 0. The number of carbonyl (C=O) groups excluding carboxylic acids is 2. The number of aromatic amines is 1. The maximum Gasteiger partial charge on any atom is 0.259 e. The third-order valence-corrected chi connectivity index (χ3v) is 4.46. The number of nitrogens with zero attached hydrogens (tertiary/aromatic N) is 1. The van der Waals surface area contributed by atoms with Gasteiger partial charge in [0.15, 0.2) is 0 Å². The van der Waals surface area contributed by atoms with Crippen molar-refractivity contribution in [1.82, 2.24) is 15.7 Å². The first-order valence-corrected chi connectivity index (χ1v) is 8.86. The molecule has 28 heavy (non-hydrogen) atoms. The molecule has 0 radical (unpaired) electrons. The normalized spacial score (nSPS) is 11.1. The number of carbonyl (C=O) groups is 2. The minimum absolute atomic E-state index is 0.159. The number of amides is 2. The molecule has 0 spiro atoms. The smallest absolute Gasteiger partial charge is 0.259 e. The van der Waals surface area contributed by atoms with E-state index in [4.69, 9.17) is 0 Å². The fourth-order valence-corrected chi connectivity index (χ4v) is 3.09. The van der Waals surface area contributed by atoms with Gasteiger partial charge < -0.3 is 10.3 Å². The monoisotopic (exact) mass is 370 g/mol. The Hall–Kier alpha value is -3.93. The fourth-order valence-electron chi connectivity index (χ4n) is 3.09. The molecule has 6 heteroatoms. The third kappa shape index (κ3) is 3.61. The number of fused-ring (bicyclic) bond motifs is 2. The predicted octanol–water partition coefficient (Wildman–Crippen LogP) is 3.20. The van der Waals surface area contributed by atoms with Crippen molar-refractivity contribution >= 4 is 39.7 Å². The van der Waals surface area contributed by atoms with E-state index >= 15 is 0 Å². The Labute approximate surface area is 161 Å². The van der Waals surface area contributed by atoms with Crippen LogP contribution in [0.25, 0.3) is 21.7 Å². The quantitative estimate of drug-likeness (QED) is 0.372. The predicted molar refractivity (Wildman–Crippen MR) is 110 cm³/mol. The van der Waals surface area contributed by atoms with Crippen molar-refractivity contribution in [2.75, 3.05) is 6.54 Å². The van der Waals surface area contributed by atoms with Crippen molar-refractivity contribution < 1.29 is 9.59 Å². The summed E-state index contributed by atoms with van der Waals surface area (Å²) in [5.41, 5.74) is 4.84. The van der Waals surface area contributed by atoms with E-state index in [0.29, 0.717) is 5.56 Å². The fraction of sp³-hybridized carbons (Fsp3) is 0.0455. The number of hydrazone groups is 1. The molecular weight excluding hydrogens is 352 g/mol. The molecule has 2 amide bonds. The highest BCUT2D eigenvalue weighted by atomic mass is 16.2. The Kier molecular flexibility index (Phi) is 4.84. The SMILES string of the molecule is O=C(CNC(=O)c1cccc2ccccc12)NN=Cc1c[nH]c2ccccc12. The summed E-state index contributed by atoms with van der Waals surface area (Å²) in [6.45, 7) is -0.159. The summed E-state index contributed by atoms with van der Waals surface area (Å²) >= 11 is 0. The molecule has 3 aromatic carbocycles. The molecule has 0 aliphatic carbocycles. The second kappa shape index (κ2) is 7.75. The van der Waals surface area contributed by atoms with Crippen molar-refractivity contribution in [2.45, 2.75) is 0 Å². The van der Waals surface area contributed by atoms with Crippen molar-refractivity contribution in [1.29, 1.82) is 0 Å². The lowest BCUT2D eigenvalue weighted by Crippen LogP contribution is -2.35. The van der Waals surface area contributed by atoms with Gasteiger partial charge >= 0.3 is 0 Å². The molecule has 4 aromatic rings. The van der Waals surface area contributed by atoms with Crippen LogP contribution in [0, 0.1) is 0 Å². The lowest BCUT2D eigenvalue weighted by atomic mass is 10.0. The molecule has 4 rings (SSSR count). The number of nitrogens with one attached hydrogen (secondary N) is 3. The maximum absolute atomic E-state index is 12.4. The van der Waals surface area contributed by atoms with E-state index in [1.165, 1.54) is 0 Å². The molecule has 0 saturated heterocycles. The number of aromatic nitrogens is 1. The molecule has 0 fully saturated rings. The molecular formula is C22H18N4O2. The molecule has 0 atom stereocenters. The third-order valence-electron chi connectivity index (χ3n) is 4.46. The Morgan fingerprint density at radius 1 is 0.929 bits per heavy atom. The molecule has 1 aromatic heterocycles. The van der Waals surface area contributed by atoms with Gasteiger partial charge in [-0.25, -0.2) is 5.43 Å². The van der Waals surface area contributed by atoms with Crippen LogP contribution in [0.2, 0.25) is 0 Å². The van der Waals surface area contributed by atoms with Gasteiger partial charge in [-0.15, -0.1) is 0 Å². The molecule has 138 valence electrons. The van der Waals surface area contributed by atoms with Gasteiger partial charge in [-0.2, -0.15) is 5.10 Å². The molecule has 1 heterocycles. The van der Waals surface area contributed by atoms with Crippen LogP contribution >= 0.6 is 0 Å². The van der Waals surface area contributed by atoms with Crippen LogP contribution < -0.4 is 10.7 Å². The molecule has 0 unspecified atom stereocenters. The number of para-hydroxylation sites is 1. The van der Waals surface area contributed by atoms with E-state index in [1.807, 2.05) is 66.9 Å². The lowest BCUT2D eigenvalue weighted by Gasteiger charge is -2.07. The zero-order chi connectivity index (χ0) is 19.3. The van der Waals surface area contributed by atoms with E-state index in [9.17, 15) is 9.59 Å². The van der Waals surface area contributed by atoms with Crippen molar-refractivity contribution in [2.24, 2.45) is 5.10 Å². The summed E-state index contributed by atoms with van der Waals surface area (Å²) in [4.78, 5) is 27.6. The van der Waals surface area contributed by atoms with E-state index in [1.54, 1.807) is 12.3 Å². The van der Waals surface area contributed by atoms with Crippen molar-refractivity contribution in [3.05, 3.63) is 84.1 Å². The van der Waals surface area contributed by atoms with Gasteiger partial charge in [0.2, 0.25) is 0 Å². The van der Waals surface area contributed by atoms with Crippen LogP contribution in [0.3, 0.4) is 0 Å². The van der Waals surface area contributed by atoms with Crippen LogP contribution in [0.15, 0.2) is 78.0 Å². The largest absolute Gasteiger partial charge is 0.361 e. The van der Waals surface area contributed by atoms with Gasteiger partial charge in [0, 0.05) is 28.2 Å². The molecule has 3 N–H and O–H groups in total. The Morgan fingerprint density at radius 2 is 1.68 bits per heavy atom. The molecule has 0 aliphatic heterocycles. The first kappa shape index (κ1) is 17.5. The average molecular weight is 370 g/mol. The highest BCUT2D eigenvalue weighted by molar-refractivity contribution is 6.07. The van der Waals surface area contributed by atoms with E-state index in [2.05, 4.69) is 20.8 Å². The molecule has 6 nitrogen and oxygen atoms in total.